The van der Waals surface area contributed by atoms with Crippen LogP contribution < -0.4 is 4.74 Å². The van der Waals surface area contributed by atoms with Crippen LogP contribution in [0.2, 0.25) is 0 Å². The number of ketones is 1. The number of carbonyl (C=O) groups excluding carboxylic acids is 1. The van der Waals surface area contributed by atoms with E-state index in [1.165, 1.54) is 5.56 Å². The van der Waals surface area contributed by atoms with Crippen molar-refractivity contribution in [2.45, 2.75) is 65.9 Å². The molecule has 0 aliphatic heterocycles. The molecule has 0 aliphatic carbocycles. The maximum atomic E-state index is 11.5. The summed E-state index contributed by atoms with van der Waals surface area (Å²) in [5.74, 6) is 1.51. The van der Waals surface area contributed by atoms with Crippen LogP contribution in [-0.4, -0.2) is 11.9 Å². The number of ether oxygens (including phenoxy) is 1. The number of aryl methyl sites for hydroxylation is 1. The Morgan fingerprint density at radius 3 is 2.20 bits per heavy atom. The molecule has 0 heterocycles. The first-order valence-electron chi connectivity index (χ1n) is 7.77. The first-order chi connectivity index (χ1) is 9.49. The highest BCUT2D eigenvalue weighted by Gasteiger charge is 2.06. The average Bonchev–Trinajstić information content (AvgIpc) is 2.39. The Morgan fingerprint density at radius 2 is 1.65 bits per heavy atom. The zero-order valence-electron chi connectivity index (χ0n) is 13.3. The molecule has 1 aromatic carbocycles. The minimum Gasteiger partial charge on any atom is -0.491 e. The molecule has 2 heteroatoms. The van der Waals surface area contributed by atoms with E-state index < -0.39 is 0 Å². The van der Waals surface area contributed by atoms with Crippen LogP contribution in [0.5, 0.6) is 5.75 Å². The van der Waals surface area contributed by atoms with Crippen molar-refractivity contribution in [1.29, 1.82) is 0 Å². The van der Waals surface area contributed by atoms with Crippen LogP contribution >= 0.6 is 0 Å². The average molecular weight is 276 g/mol. The zero-order chi connectivity index (χ0) is 15.0. The third-order valence-corrected chi connectivity index (χ3v) is 3.33. The molecule has 0 aromatic heterocycles. The van der Waals surface area contributed by atoms with Gasteiger partial charge in [0.25, 0.3) is 0 Å². The van der Waals surface area contributed by atoms with E-state index in [0.717, 1.165) is 37.9 Å². The van der Waals surface area contributed by atoms with Crippen molar-refractivity contribution in [1.82, 2.24) is 0 Å². The summed E-state index contributed by atoms with van der Waals surface area (Å²) in [6.07, 6.45) is 5.33. The lowest BCUT2D eigenvalue weighted by atomic mass is 10.0. The lowest BCUT2D eigenvalue weighted by molar-refractivity contribution is -0.122. The third kappa shape index (κ3) is 6.74. The van der Waals surface area contributed by atoms with Gasteiger partial charge in [-0.3, -0.25) is 4.79 Å². The van der Waals surface area contributed by atoms with Gasteiger partial charge in [-0.05, 0) is 50.8 Å². The lowest BCUT2D eigenvalue weighted by Gasteiger charge is -2.10. The largest absolute Gasteiger partial charge is 0.491 e. The van der Waals surface area contributed by atoms with Gasteiger partial charge in [0.15, 0.2) is 0 Å². The third-order valence-electron chi connectivity index (χ3n) is 3.33. The van der Waals surface area contributed by atoms with Gasteiger partial charge < -0.3 is 4.74 Å². The van der Waals surface area contributed by atoms with E-state index in [1.807, 2.05) is 39.8 Å². The highest BCUT2D eigenvalue weighted by molar-refractivity contribution is 5.80. The van der Waals surface area contributed by atoms with Crippen LogP contribution in [0.25, 0.3) is 0 Å². The Kier molecular flexibility index (Phi) is 7.35. The minimum absolute atomic E-state index is 0.184. The van der Waals surface area contributed by atoms with Gasteiger partial charge in [-0.25, -0.2) is 0 Å². The summed E-state index contributed by atoms with van der Waals surface area (Å²) in [7, 11) is 0. The van der Waals surface area contributed by atoms with Crippen LogP contribution in [0.4, 0.5) is 0 Å². The van der Waals surface area contributed by atoms with Crippen LogP contribution in [0, 0.1) is 5.92 Å². The van der Waals surface area contributed by atoms with Crippen molar-refractivity contribution in [3.63, 3.8) is 0 Å². The predicted molar refractivity (Wildman–Crippen MR) is 84.2 cm³/mol. The van der Waals surface area contributed by atoms with E-state index in [9.17, 15) is 4.79 Å². The summed E-state index contributed by atoms with van der Waals surface area (Å²) in [5.41, 5.74) is 1.34. The Balaban J connectivity index is 2.20. The SMILES string of the molecule is CC(C)Oc1ccc(CCCCCC(=O)C(C)C)cc1. The first kappa shape index (κ1) is 16.7. The van der Waals surface area contributed by atoms with Gasteiger partial charge in [-0.1, -0.05) is 32.4 Å². The number of carbonyl (C=O) groups is 1. The number of Topliss-reactive ketones (excluding diaryl/α,β-unsaturated/α-hetero) is 1. The van der Waals surface area contributed by atoms with Gasteiger partial charge in [0.1, 0.15) is 11.5 Å². The fourth-order valence-electron chi connectivity index (χ4n) is 2.10. The summed E-state index contributed by atoms with van der Waals surface area (Å²) in [5, 5.41) is 0. The van der Waals surface area contributed by atoms with Crippen LogP contribution in [0.15, 0.2) is 24.3 Å². The maximum absolute atomic E-state index is 11.5. The molecule has 1 aromatic rings. The van der Waals surface area contributed by atoms with Crippen molar-refractivity contribution in [2.75, 3.05) is 0 Å². The van der Waals surface area contributed by atoms with E-state index in [-0.39, 0.29) is 12.0 Å². The number of rotatable bonds is 9. The molecular weight excluding hydrogens is 248 g/mol. The van der Waals surface area contributed by atoms with E-state index in [4.69, 9.17) is 4.74 Å². The fraction of sp³-hybridized carbons (Fsp3) is 0.611. The first-order valence-corrected chi connectivity index (χ1v) is 7.77. The monoisotopic (exact) mass is 276 g/mol. The van der Waals surface area contributed by atoms with Crippen LogP contribution in [0.1, 0.15) is 58.9 Å². The van der Waals surface area contributed by atoms with E-state index in [1.54, 1.807) is 0 Å². The summed E-state index contributed by atoms with van der Waals surface area (Å²) < 4.78 is 5.62. The summed E-state index contributed by atoms with van der Waals surface area (Å²) in [6, 6.07) is 8.35. The normalized spacial score (nSPS) is 11.1. The molecule has 0 atom stereocenters. The molecular formula is C18H28O2. The van der Waals surface area contributed by atoms with Crippen molar-refractivity contribution in [3.8, 4) is 5.75 Å². The number of hydrogen-bond acceptors (Lipinski definition) is 2. The smallest absolute Gasteiger partial charge is 0.135 e. The second kappa shape index (κ2) is 8.78. The number of hydrogen-bond donors (Lipinski definition) is 0. The standard InChI is InChI=1S/C18H28O2/c1-14(2)18(19)9-7-5-6-8-16-10-12-17(13-11-16)20-15(3)4/h10-15H,5-9H2,1-4H3. The summed E-state index contributed by atoms with van der Waals surface area (Å²) in [6.45, 7) is 8.02. The predicted octanol–water partition coefficient (Wildman–Crippen LogP) is 4.80. The highest BCUT2D eigenvalue weighted by atomic mass is 16.5. The molecule has 0 radical (unpaired) electrons. The summed E-state index contributed by atoms with van der Waals surface area (Å²) in [4.78, 5) is 11.5. The topological polar surface area (TPSA) is 26.3 Å². The minimum atomic E-state index is 0.184. The Hall–Kier alpha value is -1.31. The summed E-state index contributed by atoms with van der Waals surface area (Å²) >= 11 is 0. The highest BCUT2D eigenvalue weighted by Crippen LogP contribution is 2.16. The van der Waals surface area contributed by atoms with Crippen molar-refractivity contribution < 1.29 is 9.53 Å². The number of benzene rings is 1. The quantitative estimate of drug-likeness (QED) is 0.605. The van der Waals surface area contributed by atoms with Crippen molar-refractivity contribution in [2.24, 2.45) is 5.92 Å². The molecule has 1 rings (SSSR count). The van der Waals surface area contributed by atoms with E-state index in [2.05, 4.69) is 12.1 Å². The molecule has 0 saturated carbocycles. The van der Waals surface area contributed by atoms with Crippen molar-refractivity contribution >= 4 is 5.78 Å². The lowest BCUT2D eigenvalue weighted by Crippen LogP contribution is -2.06. The molecule has 20 heavy (non-hydrogen) atoms. The van der Waals surface area contributed by atoms with Crippen LogP contribution in [0.3, 0.4) is 0 Å². The van der Waals surface area contributed by atoms with Gasteiger partial charge in [0.05, 0.1) is 6.10 Å². The number of unbranched alkanes of at least 4 members (excludes halogenated alkanes) is 2. The molecule has 0 N–H and O–H groups in total. The van der Waals surface area contributed by atoms with Crippen LogP contribution in [-0.2, 0) is 11.2 Å². The Morgan fingerprint density at radius 1 is 1.00 bits per heavy atom. The fourth-order valence-corrected chi connectivity index (χ4v) is 2.10. The second-order valence-electron chi connectivity index (χ2n) is 5.99. The maximum Gasteiger partial charge on any atom is 0.135 e. The Bertz CT molecular complexity index is 390. The molecule has 0 amide bonds. The van der Waals surface area contributed by atoms with Gasteiger partial charge in [-0.15, -0.1) is 0 Å². The van der Waals surface area contributed by atoms with Gasteiger partial charge in [0, 0.05) is 12.3 Å². The molecule has 2 nitrogen and oxygen atoms in total. The van der Waals surface area contributed by atoms with E-state index in [0.29, 0.717) is 5.78 Å². The molecule has 0 bridgehead atoms. The zero-order valence-corrected chi connectivity index (χ0v) is 13.3. The van der Waals surface area contributed by atoms with E-state index >= 15 is 0 Å². The molecule has 0 spiro atoms. The molecule has 112 valence electrons. The molecule has 0 fully saturated rings. The van der Waals surface area contributed by atoms with Gasteiger partial charge in [-0.2, -0.15) is 0 Å². The molecule has 0 unspecified atom stereocenters. The Labute approximate surface area is 123 Å². The van der Waals surface area contributed by atoms with Gasteiger partial charge in [0.2, 0.25) is 0 Å². The van der Waals surface area contributed by atoms with Gasteiger partial charge >= 0.3 is 0 Å². The molecule has 0 saturated heterocycles. The van der Waals surface area contributed by atoms with Crippen molar-refractivity contribution in [3.05, 3.63) is 29.8 Å². The molecule has 0 aliphatic rings. The second-order valence-corrected chi connectivity index (χ2v) is 5.99.